The number of nitrogens with zero attached hydrogens (tertiary/aromatic N) is 1. The van der Waals surface area contributed by atoms with Gasteiger partial charge in [0.1, 0.15) is 12.3 Å². The summed E-state index contributed by atoms with van der Waals surface area (Å²) in [6.07, 6.45) is 0. The molecule has 0 fully saturated rings. The molecule has 8 heteroatoms. The molecule has 0 aliphatic rings. The van der Waals surface area contributed by atoms with Crippen LogP contribution in [0.5, 0.6) is 5.75 Å². The minimum atomic E-state index is -4.14. The van der Waals surface area contributed by atoms with Crippen LogP contribution in [0.3, 0.4) is 0 Å². The zero-order valence-corrected chi connectivity index (χ0v) is 11.5. The molecule has 106 valence electrons. The third-order valence-electron chi connectivity index (χ3n) is 2.37. The minimum absolute atomic E-state index is 0.0880. The standard InChI is InChI=1S/C11H16N2O5S/c1-3-18-11(15)7-13(19(12,16)17)9-5-4-8(2)10(14)6-9/h4-6,14H,3,7H2,1-2H3,(H2,12,16,17). The van der Waals surface area contributed by atoms with E-state index in [1.165, 1.54) is 18.2 Å². The van der Waals surface area contributed by atoms with Gasteiger partial charge >= 0.3 is 5.97 Å². The van der Waals surface area contributed by atoms with E-state index in [1.807, 2.05) is 0 Å². The number of anilines is 1. The lowest BCUT2D eigenvalue weighted by Gasteiger charge is -2.21. The largest absolute Gasteiger partial charge is 0.508 e. The first-order chi connectivity index (χ1) is 8.75. The van der Waals surface area contributed by atoms with Gasteiger partial charge in [-0.3, -0.25) is 4.79 Å². The van der Waals surface area contributed by atoms with E-state index in [2.05, 4.69) is 4.74 Å². The summed E-state index contributed by atoms with van der Waals surface area (Å²) in [4.78, 5) is 11.4. The number of esters is 1. The highest BCUT2D eigenvalue weighted by molar-refractivity contribution is 7.90. The summed E-state index contributed by atoms with van der Waals surface area (Å²) in [6, 6.07) is 4.19. The molecule has 0 saturated heterocycles. The molecule has 1 aromatic rings. The molecule has 19 heavy (non-hydrogen) atoms. The summed E-state index contributed by atoms with van der Waals surface area (Å²) >= 11 is 0. The molecule has 0 aliphatic carbocycles. The van der Waals surface area contributed by atoms with E-state index < -0.39 is 22.7 Å². The van der Waals surface area contributed by atoms with Crippen LogP contribution in [0.4, 0.5) is 5.69 Å². The van der Waals surface area contributed by atoms with Crippen LogP contribution in [0.25, 0.3) is 0 Å². The Labute approximate surface area is 111 Å². The molecule has 0 spiro atoms. The van der Waals surface area contributed by atoms with E-state index in [1.54, 1.807) is 13.8 Å². The van der Waals surface area contributed by atoms with Crippen molar-refractivity contribution in [1.82, 2.24) is 0 Å². The van der Waals surface area contributed by atoms with E-state index in [0.29, 0.717) is 9.87 Å². The average Bonchev–Trinajstić information content (AvgIpc) is 2.29. The summed E-state index contributed by atoms with van der Waals surface area (Å²) in [5, 5.41) is 14.6. The summed E-state index contributed by atoms with van der Waals surface area (Å²) in [6.45, 7) is 2.86. The second-order valence-corrected chi connectivity index (χ2v) is 5.30. The molecular weight excluding hydrogens is 272 g/mol. The van der Waals surface area contributed by atoms with E-state index in [-0.39, 0.29) is 18.0 Å². The van der Waals surface area contributed by atoms with Crippen LogP contribution in [0, 0.1) is 6.92 Å². The smallest absolute Gasteiger partial charge is 0.326 e. The maximum Gasteiger partial charge on any atom is 0.326 e. The third-order valence-corrected chi connectivity index (χ3v) is 3.32. The molecule has 1 aromatic carbocycles. The molecular formula is C11H16N2O5S. The molecule has 0 atom stereocenters. The minimum Gasteiger partial charge on any atom is -0.508 e. The van der Waals surface area contributed by atoms with Crippen LogP contribution in [0.1, 0.15) is 12.5 Å². The number of phenolic OH excluding ortho intramolecular Hbond substituents is 1. The molecule has 0 radical (unpaired) electrons. The fraction of sp³-hybridized carbons (Fsp3) is 0.364. The second-order valence-electron chi connectivity index (χ2n) is 3.83. The summed E-state index contributed by atoms with van der Waals surface area (Å²) < 4.78 is 28.3. The third kappa shape index (κ3) is 4.11. The number of nitrogens with two attached hydrogens (primary N) is 1. The van der Waals surface area contributed by atoms with Crippen molar-refractivity contribution in [2.75, 3.05) is 17.5 Å². The quantitative estimate of drug-likeness (QED) is 0.756. The van der Waals surface area contributed by atoms with Gasteiger partial charge in [-0.05, 0) is 25.5 Å². The normalized spacial score (nSPS) is 11.1. The van der Waals surface area contributed by atoms with Crippen LogP contribution >= 0.6 is 0 Å². The van der Waals surface area contributed by atoms with Gasteiger partial charge in [0.25, 0.3) is 10.2 Å². The van der Waals surface area contributed by atoms with Gasteiger partial charge in [-0.15, -0.1) is 0 Å². The average molecular weight is 288 g/mol. The van der Waals surface area contributed by atoms with E-state index >= 15 is 0 Å². The summed E-state index contributed by atoms with van der Waals surface area (Å²) in [5.41, 5.74) is 0.674. The Balaban J connectivity index is 3.10. The van der Waals surface area contributed by atoms with Crippen LogP contribution in [0.15, 0.2) is 18.2 Å². The van der Waals surface area contributed by atoms with Crippen molar-refractivity contribution in [2.45, 2.75) is 13.8 Å². The number of aryl methyl sites for hydroxylation is 1. The van der Waals surface area contributed by atoms with Crippen molar-refractivity contribution in [3.63, 3.8) is 0 Å². The number of rotatable bonds is 5. The van der Waals surface area contributed by atoms with Crippen molar-refractivity contribution in [3.05, 3.63) is 23.8 Å². The first kappa shape index (κ1) is 15.3. The highest BCUT2D eigenvalue weighted by atomic mass is 32.2. The topological polar surface area (TPSA) is 110 Å². The number of hydrogen-bond acceptors (Lipinski definition) is 5. The van der Waals surface area contributed by atoms with E-state index in [9.17, 15) is 18.3 Å². The first-order valence-electron chi connectivity index (χ1n) is 5.51. The maximum absolute atomic E-state index is 11.5. The van der Waals surface area contributed by atoms with Crippen LogP contribution in [0.2, 0.25) is 0 Å². The fourth-order valence-corrected chi connectivity index (χ4v) is 2.10. The van der Waals surface area contributed by atoms with Crippen LogP contribution < -0.4 is 9.44 Å². The zero-order chi connectivity index (χ0) is 14.6. The number of carbonyl (C=O) groups excluding carboxylic acids is 1. The van der Waals surface area contributed by atoms with Crippen molar-refractivity contribution in [3.8, 4) is 5.75 Å². The van der Waals surface area contributed by atoms with Gasteiger partial charge in [0, 0.05) is 6.07 Å². The second kappa shape index (κ2) is 5.89. The van der Waals surface area contributed by atoms with Crippen LogP contribution in [-0.4, -0.2) is 32.6 Å². The first-order valence-corrected chi connectivity index (χ1v) is 7.01. The monoisotopic (exact) mass is 288 g/mol. The SMILES string of the molecule is CCOC(=O)CN(c1ccc(C)c(O)c1)S(N)(=O)=O. The van der Waals surface area contributed by atoms with Crippen LogP contribution in [-0.2, 0) is 19.7 Å². The molecule has 0 amide bonds. The lowest BCUT2D eigenvalue weighted by Crippen LogP contribution is -2.40. The molecule has 0 bridgehead atoms. The van der Waals surface area contributed by atoms with Gasteiger partial charge in [0.15, 0.2) is 0 Å². The Morgan fingerprint density at radius 2 is 2.11 bits per heavy atom. The number of phenols is 1. The lowest BCUT2D eigenvalue weighted by molar-refractivity contribution is -0.141. The number of ether oxygens (including phenoxy) is 1. The summed E-state index contributed by atoms with van der Waals surface area (Å²) in [7, 11) is -4.14. The molecule has 0 aromatic heterocycles. The van der Waals surface area contributed by atoms with Gasteiger partial charge in [-0.25, -0.2) is 9.44 Å². The van der Waals surface area contributed by atoms with Crippen molar-refractivity contribution >= 4 is 21.9 Å². The number of benzene rings is 1. The number of aromatic hydroxyl groups is 1. The van der Waals surface area contributed by atoms with Gasteiger partial charge in [-0.1, -0.05) is 6.07 Å². The molecule has 0 aliphatic heterocycles. The Bertz CT molecular complexity index is 570. The lowest BCUT2D eigenvalue weighted by atomic mass is 10.2. The maximum atomic E-state index is 11.5. The highest BCUT2D eigenvalue weighted by Crippen LogP contribution is 2.25. The van der Waals surface area contributed by atoms with Gasteiger partial charge < -0.3 is 9.84 Å². The van der Waals surface area contributed by atoms with Crippen molar-refractivity contribution in [2.24, 2.45) is 5.14 Å². The molecule has 1 rings (SSSR count). The Kier molecular flexibility index (Phi) is 4.73. The predicted molar refractivity (Wildman–Crippen MR) is 69.9 cm³/mol. The fourth-order valence-electron chi connectivity index (χ4n) is 1.40. The van der Waals surface area contributed by atoms with E-state index in [4.69, 9.17) is 5.14 Å². The molecule has 0 saturated carbocycles. The molecule has 7 nitrogen and oxygen atoms in total. The Morgan fingerprint density at radius 3 is 2.58 bits per heavy atom. The number of hydrogen-bond donors (Lipinski definition) is 2. The molecule has 0 heterocycles. The Hall–Kier alpha value is -1.80. The molecule has 0 unspecified atom stereocenters. The van der Waals surface area contributed by atoms with Gasteiger partial charge in [-0.2, -0.15) is 8.42 Å². The van der Waals surface area contributed by atoms with Gasteiger partial charge in [0.2, 0.25) is 0 Å². The highest BCUT2D eigenvalue weighted by Gasteiger charge is 2.22. The summed E-state index contributed by atoms with van der Waals surface area (Å²) in [5.74, 6) is -0.813. The number of carbonyl (C=O) groups is 1. The predicted octanol–water partition coefficient (Wildman–Crippen LogP) is 0.274. The van der Waals surface area contributed by atoms with Crippen molar-refractivity contribution < 1.29 is 23.1 Å². The van der Waals surface area contributed by atoms with E-state index in [0.717, 1.165) is 0 Å². The Morgan fingerprint density at radius 1 is 1.47 bits per heavy atom. The zero-order valence-electron chi connectivity index (χ0n) is 10.7. The van der Waals surface area contributed by atoms with Crippen molar-refractivity contribution in [1.29, 1.82) is 0 Å². The molecule has 3 N–H and O–H groups in total. The van der Waals surface area contributed by atoms with Gasteiger partial charge in [0.05, 0.1) is 12.3 Å².